The van der Waals surface area contributed by atoms with Crippen LogP contribution >= 0.6 is 11.8 Å². The van der Waals surface area contributed by atoms with Crippen LogP contribution in [0.15, 0.2) is 53.4 Å². The molecule has 0 saturated carbocycles. The lowest BCUT2D eigenvalue weighted by molar-refractivity contribution is -0.120. The molecule has 0 spiro atoms. The second-order valence-corrected chi connectivity index (χ2v) is 8.07. The van der Waals surface area contributed by atoms with Crippen molar-refractivity contribution < 1.29 is 4.79 Å². The maximum Gasteiger partial charge on any atom is 0.233 e. The predicted octanol–water partition coefficient (Wildman–Crippen LogP) is 4.39. The van der Waals surface area contributed by atoms with Gasteiger partial charge in [0.1, 0.15) is 0 Å². The van der Waals surface area contributed by atoms with Crippen molar-refractivity contribution in [3.8, 4) is 0 Å². The van der Waals surface area contributed by atoms with Crippen molar-refractivity contribution in [2.75, 3.05) is 18.0 Å². The monoisotopic (exact) mass is 354 g/mol. The number of nitrogens with one attached hydrogen (secondary N) is 1. The highest BCUT2D eigenvalue weighted by Crippen LogP contribution is 2.24. The lowest BCUT2D eigenvalue weighted by Crippen LogP contribution is -2.30. The second kappa shape index (κ2) is 8.43. The molecule has 0 aromatic heterocycles. The summed E-state index contributed by atoms with van der Waals surface area (Å²) in [4.78, 5) is 15.9. The Hall–Kier alpha value is -1.94. The Labute approximate surface area is 154 Å². The minimum atomic E-state index is -0.105. The highest BCUT2D eigenvalue weighted by Gasteiger charge is 2.15. The first kappa shape index (κ1) is 17.9. The lowest BCUT2D eigenvalue weighted by Gasteiger charge is -2.18. The molecule has 2 aromatic rings. The Kier molecular flexibility index (Phi) is 6.03. The van der Waals surface area contributed by atoms with Gasteiger partial charge in [-0.25, -0.2) is 0 Å². The van der Waals surface area contributed by atoms with Gasteiger partial charge in [0.2, 0.25) is 5.91 Å². The SMILES string of the molecule is Cc1ccc(S[C@H](C)C(=O)NCc2ccc(N3CCCC3)cc2)cc1. The zero-order valence-corrected chi connectivity index (χ0v) is 15.8. The Morgan fingerprint density at radius 2 is 1.72 bits per heavy atom. The third-order valence-corrected chi connectivity index (χ3v) is 5.69. The van der Waals surface area contributed by atoms with E-state index in [0.29, 0.717) is 6.54 Å². The molecule has 1 fully saturated rings. The number of hydrogen-bond donors (Lipinski definition) is 1. The summed E-state index contributed by atoms with van der Waals surface area (Å²) in [6, 6.07) is 16.9. The summed E-state index contributed by atoms with van der Waals surface area (Å²) >= 11 is 1.60. The zero-order valence-electron chi connectivity index (χ0n) is 15.0. The van der Waals surface area contributed by atoms with Gasteiger partial charge in [-0.2, -0.15) is 0 Å². The zero-order chi connectivity index (χ0) is 17.6. The van der Waals surface area contributed by atoms with Gasteiger partial charge in [0.15, 0.2) is 0 Å². The van der Waals surface area contributed by atoms with Crippen molar-refractivity contribution in [1.82, 2.24) is 5.32 Å². The number of carbonyl (C=O) groups is 1. The van der Waals surface area contributed by atoms with Crippen molar-refractivity contribution >= 4 is 23.4 Å². The van der Waals surface area contributed by atoms with Crippen molar-refractivity contribution in [2.45, 2.75) is 43.4 Å². The molecule has 1 amide bonds. The van der Waals surface area contributed by atoms with Crippen LogP contribution < -0.4 is 10.2 Å². The van der Waals surface area contributed by atoms with E-state index in [4.69, 9.17) is 0 Å². The third kappa shape index (κ3) is 5.02. The number of thioether (sulfide) groups is 1. The normalized spacial score (nSPS) is 15.2. The van der Waals surface area contributed by atoms with Gasteiger partial charge in [-0.05, 0) is 56.5 Å². The minimum absolute atomic E-state index is 0.0780. The van der Waals surface area contributed by atoms with Crippen molar-refractivity contribution in [3.63, 3.8) is 0 Å². The maximum absolute atomic E-state index is 12.3. The molecule has 2 aromatic carbocycles. The Balaban J connectivity index is 1.48. The van der Waals surface area contributed by atoms with Gasteiger partial charge in [-0.3, -0.25) is 4.79 Å². The maximum atomic E-state index is 12.3. The van der Waals surface area contributed by atoms with Gasteiger partial charge >= 0.3 is 0 Å². The molecule has 0 aliphatic carbocycles. The molecule has 132 valence electrons. The number of nitrogens with zero attached hydrogens (tertiary/aromatic N) is 1. The number of anilines is 1. The average molecular weight is 355 g/mol. The Morgan fingerprint density at radius 1 is 1.08 bits per heavy atom. The number of benzene rings is 2. The smallest absolute Gasteiger partial charge is 0.233 e. The molecule has 1 heterocycles. The first-order valence-electron chi connectivity index (χ1n) is 8.97. The fourth-order valence-corrected chi connectivity index (χ4v) is 3.90. The van der Waals surface area contributed by atoms with Gasteiger partial charge < -0.3 is 10.2 Å². The number of aryl methyl sites for hydroxylation is 1. The third-order valence-electron chi connectivity index (χ3n) is 4.58. The van der Waals surface area contributed by atoms with E-state index in [1.54, 1.807) is 11.8 Å². The van der Waals surface area contributed by atoms with Crippen LogP contribution in [0, 0.1) is 6.92 Å². The first-order valence-corrected chi connectivity index (χ1v) is 9.85. The number of amides is 1. The van der Waals surface area contributed by atoms with E-state index in [0.717, 1.165) is 23.5 Å². The molecule has 4 heteroatoms. The van der Waals surface area contributed by atoms with Crippen LogP contribution in [0.3, 0.4) is 0 Å². The van der Waals surface area contributed by atoms with Crippen LogP contribution in [0.4, 0.5) is 5.69 Å². The van der Waals surface area contributed by atoms with Crippen LogP contribution in [0.25, 0.3) is 0 Å². The van der Waals surface area contributed by atoms with Crippen LogP contribution in [0.1, 0.15) is 30.9 Å². The summed E-state index contributed by atoms with van der Waals surface area (Å²) in [7, 11) is 0. The van der Waals surface area contributed by atoms with Gasteiger partial charge in [0.05, 0.1) is 5.25 Å². The first-order chi connectivity index (χ1) is 12.1. The average Bonchev–Trinajstić information content (AvgIpc) is 3.16. The van der Waals surface area contributed by atoms with Gasteiger partial charge in [-0.15, -0.1) is 11.8 Å². The van der Waals surface area contributed by atoms with Crippen LogP contribution in [-0.4, -0.2) is 24.2 Å². The molecular formula is C21H26N2OS. The summed E-state index contributed by atoms with van der Waals surface area (Å²) in [5.41, 5.74) is 3.67. The van der Waals surface area contributed by atoms with E-state index in [-0.39, 0.29) is 11.2 Å². The van der Waals surface area contributed by atoms with E-state index < -0.39 is 0 Å². The van der Waals surface area contributed by atoms with Crippen molar-refractivity contribution in [3.05, 3.63) is 59.7 Å². The Bertz CT molecular complexity index is 691. The molecule has 0 radical (unpaired) electrons. The number of rotatable bonds is 6. The fourth-order valence-electron chi connectivity index (χ4n) is 3.01. The number of hydrogen-bond acceptors (Lipinski definition) is 3. The molecule has 0 unspecified atom stereocenters. The summed E-state index contributed by atoms with van der Waals surface area (Å²) in [5.74, 6) is 0.0780. The summed E-state index contributed by atoms with van der Waals surface area (Å²) in [6.07, 6.45) is 2.57. The van der Waals surface area contributed by atoms with E-state index in [1.165, 1.54) is 24.1 Å². The highest BCUT2D eigenvalue weighted by molar-refractivity contribution is 8.00. The molecule has 25 heavy (non-hydrogen) atoms. The molecule has 1 N–H and O–H groups in total. The van der Waals surface area contributed by atoms with Crippen LogP contribution in [-0.2, 0) is 11.3 Å². The van der Waals surface area contributed by atoms with E-state index in [9.17, 15) is 4.79 Å². The molecule has 1 saturated heterocycles. The summed E-state index contributed by atoms with van der Waals surface area (Å²) < 4.78 is 0. The summed E-state index contributed by atoms with van der Waals surface area (Å²) in [5, 5.41) is 2.94. The van der Waals surface area contributed by atoms with Crippen LogP contribution in [0.5, 0.6) is 0 Å². The van der Waals surface area contributed by atoms with Gasteiger partial charge in [0, 0.05) is 30.2 Å². The standard InChI is InChI=1S/C21H26N2OS/c1-16-5-11-20(12-6-16)25-17(2)21(24)22-15-18-7-9-19(10-8-18)23-13-3-4-14-23/h5-12,17H,3-4,13-15H2,1-2H3,(H,22,24)/t17-/m1/s1. The Morgan fingerprint density at radius 3 is 2.36 bits per heavy atom. The number of carbonyl (C=O) groups excluding carboxylic acids is 1. The quantitative estimate of drug-likeness (QED) is 0.781. The lowest BCUT2D eigenvalue weighted by atomic mass is 10.2. The van der Waals surface area contributed by atoms with Crippen LogP contribution in [0.2, 0.25) is 0 Å². The molecule has 1 aliphatic rings. The molecule has 1 aliphatic heterocycles. The fraction of sp³-hybridized carbons (Fsp3) is 0.381. The molecule has 3 rings (SSSR count). The molecule has 3 nitrogen and oxygen atoms in total. The van der Waals surface area contributed by atoms with Crippen molar-refractivity contribution in [1.29, 1.82) is 0 Å². The largest absolute Gasteiger partial charge is 0.372 e. The highest BCUT2D eigenvalue weighted by atomic mass is 32.2. The molecule has 0 bridgehead atoms. The van der Waals surface area contributed by atoms with Crippen molar-refractivity contribution in [2.24, 2.45) is 0 Å². The second-order valence-electron chi connectivity index (χ2n) is 6.65. The molecular weight excluding hydrogens is 328 g/mol. The van der Waals surface area contributed by atoms with E-state index in [1.807, 2.05) is 6.92 Å². The minimum Gasteiger partial charge on any atom is -0.372 e. The topological polar surface area (TPSA) is 32.3 Å². The predicted molar refractivity (Wildman–Crippen MR) is 106 cm³/mol. The molecule has 1 atom stereocenters. The van der Waals surface area contributed by atoms with Gasteiger partial charge in [0.25, 0.3) is 0 Å². The van der Waals surface area contributed by atoms with Gasteiger partial charge in [-0.1, -0.05) is 29.8 Å². The summed E-state index contributed by atoms with van der Waals surface area (Å²) in [6.45, 7) is 6.92. The van der Waals surface area contributed by atoms with E-state index >= 15 is 0 Å². The van der Waals surface area contributed by atoms with E-state index in [2.05, 4.69) is 65.7 Å².